The minimum Gasteiger partial charge on any atom is -0.285 e. The van der Waals surface area contributed by atoms with Gasteiger partial charge in [-0.3, -0.25) is 9.59 Å². The van der Waals surface area contributed by atoms with Crippen LogP contribution in [0.1, 0.15) is 25.0 Å². The second kappa shape index (κ2) is 3.27. The summed E-state index contributed by atoms with van der Waals surface area (Å²) in [7, 11) is 0. The fourth-order valence-corrected chi connectivity index (χ4v) is 2.65. The van der Waals surface area contributed by atoms with E-state index in [9.17, 15) is 9.59 Å². The fourth-order valence-electron chi connectivity index (χ4n) is 2.65. The Morgan fingerprint density at radius 3 is 2.41 bits per heavy atom. The molecule has 0 aromatic heterocycles. The van der Waals surface area contributed by atoms with Crippen molar-refractivity contribution in [2.45, 2.75) is 20.3 Å². The van der Waals surface area contributed by atoms with Crippen LogP contribution in [0.4, 0.5) is 0 Å². The Balaban J connectivity index is 2.29. The van der Waals surface area contributed by atoms with Crippen LogP contribution in [0, 0.1) is 0 Å². The third-order valence-electron chi connectivity index (χ3n) is 3.71. The molecule has 0 atom stereocenters. The Bertz CT molecular complexity index is 630. The maximum atomic E-state index is 12.0. The van der Waals surface area contributed by atoms with Gasteiger partial charge in [0.05, 0.1) is 0 Å². The van der Waals surface area contributed by atoms with Crippen molar-refractivity contribution in [2.24, 2.45) is 0 Å². The van der Waals surface area contributed by atoms with Gasteiger partial charge in [-0.25, -0.2) is 0 Å². The van der Waals surface area contributed by atoms with Crippen molar-refractivity contribution in [1.29, 1.82) is 0 Å². The molecule has 1 aromatic rings. The fraction of sp³-hybridized carbons (Fsp3) is 0.200. The van der Waals surface area contributed by atoms with Gasteiger partial charge in [0.25, 0.3) is 0 Å². The predicted molar refractivity (Wildman–Crippen MR) is 65.5 cm³/mol. The maximum Gasteiger partial charge on any atom is 0.230 e. The van der Waals surface area contributed by atoms with E-state index in [0.717, 1.165) is 22.3 Å². The van der Waals surface area contributed by atoms with Crippen LogP contribution in [0.2, 0.25) is 0 Å². The minimum atomic E-state index is -0.339. The van der Waals surface area contributed by atoms with E-state index in [1.807, 2.05) is 31.2 Å². The Labute approximate surface area is 99.6 Å². The Morgan fingerprint density at radius 1 is 0.941 bits per heavy atom. The second-order valence-electron chi connectivity index (χ2n) is 4.60. The first-order valence-electron chi connectivity index (χ1n) is 5.69. The van der Waals surface area contributed by atoms with Crippen molar-refractivity contribution < 1.29 is 9.59 Å². The summed E-state index contributed by atoms with van der Waals surface area (Å²) < 4.78 is 0. The molecule has 0 fully saturated rings. The number of carbonyl (C=O) groups is 2. The molecule has 3 rings (SSSR count). The summed E-state index contributed by atoms with van der Waals surface area (Å²) in [5, 5.41) is 0. The zero-order valence-electron chi connectivity index (χ0n) is 9.83. The average Bonchev–Trinajstić information content (AvgIpc) is 2.73. The molecule has 0 radical (unpaired) electrons. The number of carbonyl (C=O) groups excluding carboxylic acids is 2. The standard InChI is InChI=1S/C15H12O2/c1-8-9(2)14(16)15(17)12-7-10-5-3-4-6-11(10)13(8)12/h3-6H,7H2,1-2H3. The van der Waals surface area contributed by atoms with Crippen molar-refractivity contribution in [1.82, 2.24) is 0 Å². The predicted octanol–water partition coefficient (Wildman–Crippen LogP) is 2.48. The van der Waals surface area contributed by atoms with Crippen molar-refractivity contribution in [2.75, 3.05) is 0 Å². The van der Waals surface area contributed by atoms with Crippen LogP contribution in [-0.4, -0.2) is 11.6 Å². The van der Waals surface area contributed by atoms with Gasteiger partial charge in [0.2, 0.25) is 11.6 Å². The zero-order chi connectivity index (χ0) is 12.2. The molecule has 2 aliphatic carbocycles. The number of benzene rings is 1. The van der Waals surface area contributed by atoms with E-state index in [0.29, 0.717) is 17.6 Å². The first kappa shape index (κ1) is 10.2. The SMILES string of the molecule is CC1=C(C)C2=C(Cc3ccccc32)C(=O)C1=O. The molecule has 0 N–H and O–H groups in total. The van der Waals surface area contributed by atoms with E-state index in [1.165, 1.54) is 0 Å². The molecular weight excluding hydrogens is 212 g/mol. The minimum absolute atomic E-state index is 0.320. The summed E-state index contributed by atoms with van der Waals surface area (Å²) in [5.41, 5.74) is 5.47. The monoisotopic (exact) mass is 224 g/mol. The van der Waals surface area contributed by atoms with Crippen molar-refractivity contribution in [3.05, 3.63) is 52.1 Å². The zero-order valence-corrected chi connectivity index (χ0v) is 9.83. The van der Waals surface area contributed by atoms with Gasteiger partial charge in [-0.15, -0.1) is 0 Å². The highest BCUT2D eigenvalue weighted by Crippen LogP contribution is 2.41. The lowest BCUT2D eigenvalue weighted by Crippen LogP contribution is -2.22. The quantitative estimate of drug-likeness (QED) is 0.501. The molecule has 0 spiro atoms. The van der Waals surface area contributed by atoms with Gasteiger partial charge < -0.3 is 0 Å². The molecule has 0 saturated carbocycles. The summed E-state index contributed by atoms with van der Waals surface area (Å²) in [4.78, 5) is 23.8. The molecular formula is C15H12O2. The first-order chi connectivity index (χ1) is 8.11. The summed E-state index contributed by atoms with van der Waals surface area (Å²) in [6, 6.07) is 7.99. The van der Waals surface area contributed by atoms with Gasteiger partial charge in [-0.2, -0.15) is 0 Å². The van der Waals surface area contributed by atoms with Crippen LogP contribution >= 0.6 is 0 Å². The highest BCUT2D eigenvalue weighted by Gasteiger charge is 2.35. The average molecular weight is 224 g/mol. The highest BCUT2D eigenvalue weighted by atomic mass is 16.2. The third-order valence-corrected chi connectivity index (χ3v) is 3.71. The normalized spacial score (nSPS) is 18.7. The Hall–Kier alpha value is -1.96. The molecule has 0 unspecified atom stereocenters. The van der Waals surface area contributed by atoms with Crippen LogP contribution < -0.4 is 0 Å². The van der Waals surface area contributed by atoms with Gasteiger partial charge >= 0.3 is 0 Å². The lowest BCUT2D eigenvalue weighted by molar-refractivity contribution is -0.132. The summed E-state index contributed by atoms with van der Waals surface area (Å²) in [6.07, 6.45) is 0.598. The number of hydrogen-bond donors (Lipinski definition) is 0. The largest absolute Gasteiger partial charge is 0.285 e. The van der Waals surface area contributed by atoms with Crippen molar-refractivity contribution in [3.8, 4) is 0 Å². The molecule has 0 amide bonds. The van der Waals surface area contributed by atoms with Gasteiger partial charge in [-0.1, -0.05) is 24.3 Å². The molecule has 17 heavy (non-hydrogen) atoms. The van der Waals surface area contributed by atoms with Crippen LogP contribution in [0.5, 0.6) is 0 Å². The van der Waals surface area contributed by atoms with E-state index >= 15 is 0 Å². The molecule has 84 valence electrons. The van der Waals surface area contributed by atoms with Crippen LogP contribution in [0.25, 0.3) is 5.57 Å². The maximum absolute atomic E-state index is 12.0. The van der Waals surface area contributed by atoms with Gasteiger partial charge in [0.15, 0.2) is 0 Å². The Morgan fingerprint density at radius 2 is 1.65 bits per heavy atom. The third kappa shape index (κ3) is 1.21. The van der Waals surface area contributed by atoms with Crippen LogP contribution in [0.15, 0.2) is 41.0 Å². The Kier molecular flexibility index (Phi) is 1.96. The van der Waals surface area contributed by atoms with Gasteiger partial charge in [0.1, 0.15) is 0 Å². The van der Waals surface area contributed by atoms with Gasteiger partial charge in [0, 0.05) is 17.6 Å². The summed E-state index contributed by atoms with van der Waals surface area (Å²) >= 11 is 0. The first-order valence-corrected chi connectivity index (χ1v) is 5.69. The number of Topliss-reactive ketones (excluding diaryl/α,β-unsaturated/α-hetero) is 2. The lowest BCUT2D eigenvalue weighted by Gasteiger charge is -2.16. The highest BCUT2D eigenvalue weighted by molar-refractivity contribution is 6.52. The van der Waals surface area contributed by atoms with E-state index in [4.69, 9.17) is 0 Å². The number of fused-ring (bicyclic) bond motifs is 2. The van der Waals surface area contributed by atoms with Crippen molar-refractivity contribution in [3.63, 3.8) is 0 Å². The molecule has 0 aliphatic heterocycles. The van der Waals surface area contributed by atoms with Gasteiger partial charge in [-0.05, 0) is 36.1 Å². The van der Waals surface area contributed by atoms with E-state index in [-0.39, 0.29) is 11.6 Å². The molecule has 0 heterocycles. The van der Waals surface area contributed by atoms with Crippen LogP contribution in [-0.2, 0) is 16.0 Å². The molecule has 0 saturated heterocycles. The van der Waals surface area contributed by atoms with Crippen LogP contribution in [0.3, 0.4) is 0 Å². The van der Waals surface area contributed by atoms with Crippen molar-refractivity contribution >= 4 is 17.1 Å². The van der Waals surface area contributed by atoms with E-state index in [2.05, 4.69) is 0 Å². The number of rotatable bonds is 0. The van der Waals surface area contributed by atoms with E-state index in [1.54, 1.807) is 6.92 Å². The summed E-state index contributed by atoms with van der Waals surface area (Å²) in [5.74, 6) is -0.659. The number of hydrogen-bond acceptors (Lipinski definition) is 2. The molecule has 2 aliphatic rings. The molecule has 0 bridgehead atoms. The second-order valence-corrected chi connectivity index (χ2v) is 4.60. The topological polar surface area (TPSA) is 34.1 Å². The lowest BCUT2D eigenvalue weighted by atomic mass is 9.85. The van der Waals surface area contributed by atoms with E-state index < -0.39 is 0 Å². The number of ketones is 2. The molecule has 2 nitrogen and oxygen atoms in total. The summed E-state index contributed by atoms with van der Waals surface area (Å²) in [6.45, 7) is 3.66. The smallest absolute Gasteiger partial charge is 0.230 e. The molecule has 1 aromatic carbocycles. The molecule has 2 heteroatoms. The number of allylic oxidation sites excluding steroid dienone is 4.